The highest BCUT2D eigenvalue weighted by Crippen LogP contribution is 2.23. The molecule has 0 atom stereocenters. The van der Waals surface area contributed by atoms with Crippen molar-refractivity contribution in [3.05, 3.63) is 59.1 Å². The predicted molar refractivity (Wildman–Crippen MR) is 109 cm³/mol. The lowest BCUT2D eigenvalue weighted by atomic mass is 10.1. The highest BCUT2D eigenvalue weighted by Gasteiger charge is 2.15. The molecular formula is C21H26ClN3O2. The van der Waals surface area contributed by atoms with Crippen LogP contribution >= 0.6 is 11.6 Å². The van der Waals surface area contributed by atoms with Gasteiger partial charge in [0.25, 0.3) is 5.91 Å². The largest absolute Gasteiger partial charge is 0.482 e. The minimum Gasteiger partial charge on any atom is -0.482 e. The van der Waals surface area contributed by atoms with Crippen molar-refractivity contribution in [2.45, 2.75) is 13.5 Å². The number of nitrogens with one attached hydrogen (secondary N) is 1. The average molecular weight is 388 g/mol. The summed E-state index contributed by atoms with van der Waals surface area (Å²) in [7, 11) is 0. The molecule has 1 heterocycles. The normalized spacial score (nSPS) is 15.5. The zero-order chi connectivity index (χ0) is 19.1. The van der Waals surface area contributed by atoms with Crippen molar-refractivity contribution in [3.63, 3.8) is 0 Å². The number of carbonyl (C=O) groups is 1. The van der Waals surface area contributed by atoms with Crippen molar-refractivity contribution in [1.82, 2.24) is 9.80 Å². The maximum atomic E-state index is 12.1. The van der Waals surface area contributed by atoms with Crippen LogP contribution in [0.1, 0.15) is 12.5 Å². The Balaban J connectivity index is 1.44. The standard InChI is InChI=1S/C21H26ClN3O2/c1-2-24-11-13-25(14-12-24)15-17-7-9-18(10-8-17)23-21(26)16-27-20-6-4-3-5-19(20)22/h3-10H,2,11-16H2,1H3,(H,23,26). The topological polar surface area (TPSA) is 44.8 Å². The molecule has 27 heavy (non-hydrogen) atoms. The molecule has 0 unspecified atom stereocenters. The lowest BCUT2D eigenvalue weighted by Gasteiger charge is -2.34. The number of anilines is 1. The number of carbonyl (C=O) groups excluding carboxylic acids is 1. The molecule has 0 aromatic heterocycles. The van der Waals surface area contributed by atoms with Crippen molar-refractivity contribution in [3.8, 4) is 5.75 Å². The summed E-state index contributed by atoms with van der Waals surface area (Å²) in [6.45, 7) is 8.68. The van der Waals surface area contributed by atoms with Crippen molar-refractivity contribution >= 4 is 23.2 Å². The van der Waals surface area contributed by atoms with Gasteiger partial charge in [0.15, 0.2) is 6.61 Å². The molecule has 6 heteroatoms. The summed E-state index contributed by atoms with van der Waals surface area (Å²) in [5.74, 6) is 0.297. The minimum absolute atomic E-state index is 0.0762. The van der Waals surface area contributed by atoms with E-state index in [0.717, 1.165) is 45.0 Å². The van der Waals surface area contributed by atoms with Crippen LogP contribution in [0.3, 0.4) is 0 Å². The van der Waals surface area contributed by atoms with Crippen LogP contribution < -0.4 is 10.1 Å². The zero-order valence-electron chi connectivity index (χ0n) is 15.7. The molecule has 5 nitrogen and oxygen atoms in total. The van der Waals surface area contributed by atoms with Gasteiger partial charge in [-0.25, -0.2) is 0 Å². The van der Waals surface area contributed by atoms with Crippen molar-refractivity contribution in [1.29, 1.82) is 0 Å². The van der Waals surface area contributed by atoms with E-state index in [9.17, 15) is 4.79 Å². The quantitative estimate of drug-likeness (QED) is 0.789. The molecule has 2 aromatic rings. The van der Waals surface area contributed by atoms with Gasteiger partial charge >= 0.3 is 0 Å². The van der Waals surface area contributed by atoms with E-state index in [0.29, 0.717) is 10.8 Å². The van der Waals surface area contributed by atoms with Gasteiger partial charge in [-0.15, -0.1) is 0 Å². The fourth-order valence-electron chi connectivity index (χ4n) is 3.12. The van der Waals surface area contributed by atoms with Gasteiger partial charge in [0.1, 0.15) is 5.75 Å². The van der Waals surface area contributed by atoms with Gasteiger partial charge in [-0.2, -0.15) is 0 Å². The van der Waals surface area contributed by atoms with Gasteiger partial charge in [0.2, 0.25) is 0 Å². The van der Waals surface area contributed by atoms with Gasteiger partial charge in [0, 0.05) is 38.4 Å². The van der Waals surface area contributed by atoms with E-state index < -0.39 is 0 Å². The SMILES string of the molecule is CCN1CCN(Cc2ccc(NC(=O)COc3ccccc3Cl)cc2)CC1. The van der Waals surface area contributed by atoms with E-state index >= 15 is 0 Å². The van der Waals surface area contributed by atoms with Gasteiger partial charge in [-0.3, -0.25) is 9.69 Å². The molecule has 1 aliphatic rings. The molecule has 1 saturated heterocycles. The third-order valence-electron chi connectivity index (χ3n) is 4.75. The van der Waals surface area contributed by atoms with E-state index in [1.807, 2.05) is 24.3 Å². The summed E-state index contributed by atoms with van der Waals surface area (Å²) in [4.78, 5) is 17.0. The molecule has 0 bridgehead atoms. The van der Waals surface area contributed by atoms with E-state index in [1.165, 1.54) is 5.56 Å². The molecule has 2 aromatic carbocycles. The Morgan fingerprint density at radius 2 is 1.70 bits per heavy atom. The van der Waals surface area contributed by atoms with Gasteiger partial charge in [-0.1, -0.05) is 42.8 Å². The molecule has 144 valence electrons. The number of hydrogen-bond acceptors (Lipinski definition) is 4. The maximum absolute atomic E-state index is 12.1. The van der Waals surface area contributed by atoms with E-state index in [4.69, 9.17) is 16.3 Å². The third kappa shape index (κ3) is 5.96. The fraction of sp³-hybridized carbons (Fsp3) is 0.381. The molecule has 0 saturated carbocycles. The molecule has 3 rings (SSSR count). The summed E-state index contributed by atoms with van der Waals surface area (Å²) in [5, 5.41) is 3.34. The number of likely N-dealkylation sites (N-methyl/N-ethyl adjacent to an activating group) is 1. The highest BCUT2D eigenvalue weighted by molar-refractivity contribution is 6.32. The Morgan fingerprint density at radius 3 is 2.37 bits per heavy atom. The summed E-state index contributed by atoms with van der Waals surface area (Å²) in [6, 6.07) is 15.1. The molecule has 1 fully saturated rings. The van der Waals surface area contributed by atoms with Crippen LogP contribution in [0, 0.1) is 0 Å². The summed E-state index contributed by atoms with van der Waals surface area (Å²) >= 11 is 6.02. The number of halogens is 1. The summed E-state index contributed by atoms with van der Waals surface area (Å²) < 4.78 is 5.46. The monoisotopic (exact) mass is 387 g/mol. The van der Waals surface area contributed by atoms with Crippen LogP contribution in [0.15, 0.2) is 48.5 Å². The molecule has 0 spiro atoms. The average Bonchev–Trinajstić information content (AvgIpc) is 2.69. The minimum atomic E-state index is -0.210. The molecule has 1 amide bonds. The van der Waals surface area contributed by atoms with Crippen LogP contribution in [0.2, 0.25) is 5.02 Å². The Kier molecular flexibility index (Phi) is 7.10. The Hall–Kier alpha value is -2.08. The summed E-state index contributed by atoms with van der Waals surface area (Å²) in [5.41, 5.74) is 2.02. The first-order valence-corrected chi connectivity index (χ1v) is 9.72. The first-order valence-electron chi connectivity index (χ1n) is 9.35. The van der Waals surface area contributed by atoms with Crippen LogP contribution in [0.5, 0.6) is 5.75 Å². The number of amides is 1. The number of ether oxygens (including phenoxy) is 1. The number of nitrogens with zero attached hydrogens (tertiary/aromatic N) is 2. The zero-order valence-corrected chi connectivity index (χ0v) is 16.4. The number of para-hydroxylation sites is 1. The molecule has 0 aliphatic carbocycles. The van der Waals surface area contributed by atoms with Crippen LogP contribution in [0.25, 0.3) is 0 Å². The van der Waals surface area contributed by atoms with Crippen LogP contribution in [0.4, 0.5) is 5.69 Å². The smallest absolute Gasteiger partial charge is 0.262 e. The van der Waals surface area contributed by atoms with Gasteiger partial charge in [-0.05, 0) is 36.4 Å². The second-order valence-electron chi connectivity index (χ2n) is 6.67. The Bertz CT molecular complexity index is 743. The second-order valence-corrected chi connectivity index (χ2v) is 7.08. The Morgan fingerprint density at radius 1 is 1.04 bits per heavy atom. The van der Waals surface area contributed by atoms with Gasteiger partial charge < -0.3 is 15.0 Å². The lowest BCUT2D eigenvalue weighted by molar-refractivity contribution is -0.118. The Labute approximate surface area is 165 Å². The van der Waals surface area contributed by atoms with Gasteiger partial charge in [0.05, 0.1) is 5.02 Å². The van der Waals surface area contributed by atoms with Crippen molar-refractivity contribution < 1.29 is 9.53 Å². The molecule has 0 radical (unpaired) electrons. The van der Waals surface area contributed by atoms with Crippen LogP contribution in [-0.4, -0.2) is 55.0 Å². The second kappa shape index (κ2) is 9.74. The van der Waals surface area contributed by atoms with E-state index in [-0.39, 0.29) is 12.5 Å². The lowest BCUT2D eigenvalue weighted by Crippen LogP contribution is -2.45. The highest BCUT2D eigenvalue weighted by atomic mass is 35.5. The third-order valence-corrected chi connectivity index (χ3v) is 5.06. The predicted octanol–water partition coefficient (Wildman–Crippen LogP) is 3.50. The first kappa shape index (κ1) is 19.7. The number of hydrogen-bond donors (Lipinski definition) is 1. The number of rotatable bonds is 7. The molecule has 1 aliphatic heterocycles. The summed E-state index contributed by atoms with van der Waals surface area (Å²) in [6.07, 6.45) is 0. The fourth-order valence-corrected chi connectivity index (χ4v) is 3.31. The number of piperazine rings is 1. The number of benzene rings is 2. The first-order chi connectivity index (χ1) is 13.1. The molecule has 1 N–H and O–H groups in total. The van der Waals surface area contributed by atoms with E-state index in [2.05, 4.69) is 34.2 Å². The maximum Gasteiger partial charge on any atom is 0.262 e. The van der Waals surface area contributed by atoms with Crippen LogP contribution in [-0.2, 0) is 11.3 Å². The van der Waals surface area contributed by atoms with Crippen molar-refractivity contribution in [2.24, 2.45) is 0 Å². The van der Waals surface area contributed by atoms with Crippen molar-refractivity contribution in [2.75, 3.05) is 44.6 Å². The van der Waals surface area contributed by atoms with E-state index in [1.54, 1.807) is 12.1 Å². The molecular weight excluding hydrogens is 362 g/mol.